The smallest absolute Gasteiger partial charge is 0.268 e. The minimum atomic E-state index is -3.83. The minimum Gasteiger partial charge on any atom is -0.381 e. The van der Waals surface area contributed by atoms with Crippen molar-refractivity contribution in [2.75, 3.05) is 13.2 Å². The van der Waals surface area contributed by atoms with Crippen molar-refractivity contribution in [3.05, 3.63) is 65.4 Å². The number of aromatic nitrogens is 1. The van der Waals surface area contributed by atoms with Gasteiger partial charge in [0.15, 0.2) is 0 Å². The standard InChI is InChI=1S/C24H26N2O4S/c25-24(27)20-8-7-19(14-18(20)13-16-5-6-16)31(28,29)26-15-22(17-9-11-30-12-10-17)21-3-1-2-4-23(21)26/h1-4,7-8,14-17H,5-6,9-13H2,(H2,25,27). The van der Waals surface area contributed by atoms with Crippen molar-refractivity contribution in [1.29, 1.82) is 0 Å². The van der Waals surface area contributed by atoms with Crippen LogP contribution in [0.3, 0.4) is 0 Å². The van der Waals surface area contributed by atoms with Crippen LogP contribution in [0.1, 0.15) is 53.1 Å². The predicted molar refractivity (Wildman–Crippen MR) is 119 cm³/mol. The molecule has 7 heteroatoms. The third-order valence-electron chi connectivity index (χ3n) is 6.47. The van der Waals surface area contributed by atoms with Crippen LogP contribution in [-0.2, 0) is 21.2 Å². The Kier molecular flexibility index (Phi) is 5.10. The Labute approximate surface area is 182 Å². The van der Waals surface area contributed by atoms with E-state index >= 15 is 0 Å². The first-order valence-corrected chi connectivity index (χ1v) is 12.2. The summed E-state index contributed by atoms with van der Waals surface area (Å²) in [6.07, 6.45) is 6.43. The van der Waals surface area contributed by atoms with E-state index in [2.05, 4.69) is 0 Å². The van der Waals surface area contributed by atoms with Crippen LogP contribution in [-0.4, -0.2) is 31.5 Å². The third kappa shape index (κ3) is 3.77. The molecule has 0 radical (unpaired) electrons. The molecule has 1 saturated carbocycles. The summed E-state index contributed by atoms with van der Waals surface area (Å²) < 4.78 is 34.3. The average molecular weight is 439 g/mol. The van der Waals surface area contributed by atoms with Gasteiger partial charge in [0.25, 0.3) is 10.0 Å². The van der Waals surface area contributed by atoms with Gasteiger partial charge in [-0.25, -0.2) is 12.4 Å². The first-order chi connectivity index (χ1) is 14.9. The lowest BCUT2D eigenvalue weighted by Gasteiger charge is -2.21. The van der Waals surface area contributed by atoms with E-state index in [0.717, 1.165) is 42.2 Å². The van der Waals surface area contributed by atoms with Gasteiger partial charge >= 0.3 is 0 Å². The zero-order valence-electron chi connectivity index (χ0n) is 17.3. The van der Waals surface area contributed by atoms with Crippen LogP contribution in [0, 0.1) is 5.92 Å². The Morgan fingerprint density at radius 2 is 1.81 bits per heavy atom. The molecule has 1 aliphatic carbocycles. The summed E-state index contributed by atoms with van der Waals surface area (Å²) in [5.74, 6) is 0.258. The first kappa shape index (κ1) is 20.3. The SMILES string of the molecule is NC(=O)c1ccc(S(=O)(=O)n2cc(C3CCOCC3)c3ccccc32)cc1CC1CC1. The molecule has 0 atom stereocenters. The maximum absolute atomic E-state index is 13.7. The number of para-hydroxylation sites is 1. The van der Waals surface area contributed by atoms with Crippen molar-refractivity contribution in [2.24, 2.45) is 11.7 Å². The van der Waals surface area contributed by atoms with E-state index < -0.39 is 15.9 Å². The molecule has 2 aromatic carbocycles. The van der Waals surface area contributed by atoms with E-state index in [9.17, 15) is 13.2 Å². The summed E-state index contributed by atoms with van der Waals surface area (Å²) in [5, 5.41) is 0.963. The quantitative estimate of drug-likeness (QED) is 0.633. The lowest BCUT2D eigenvalue weighted by molar-refractivity contribution is 0.0856. The fourth-order valence-electron chi connectivity index (χ4n) is 4.59. The van der Waals surface area contributed by atoms with E-state index in [0.29, 0.717) is 36.6 Å². The Bertz CT molecular complexity index is 1250. The van der Waals surface area contributed by atoms with E-state index in [4.69, 9.17) is 10.5 Å². The number of primary amides is 1. The fraction of sp³-hybridized carbons (Fsp3) is 0.375. The second kappa shape index (κ2) is 7.80. The third-order valence-corrected chi connectivity index (χ3v) is 8.14. The highest BCUT2D eigenvalue weighted by atomic mass is 32.2. The number of ether oxygens (including phenoxy) is 1. The van der Waals surface area contributed by atoms with Crippen LogP contribution in [0.4, 0.5) is 0 Å². The molecule has 3 aromatic rings. The highest BCUT2D eigenvalue weighted by Crippen LogP contribution is 2.37. The molecule has 5 rings (SSSR count). The molecule has 2 heterocycles. The van der Waals surface area contributed by atoms with Crippen molar-refractivity contribution in [2.45, 2.75) is 42.9 Å². The number of fused-ring (bicyclic) bond motifs is 1. The topological polar surface area (TPSA) is 91.4 Å². The summed E-state index contributed by atoms with van der Waals surface area (Å²) >= 11 is 0. The zero-order valence-corrected chi connectivity index (χ0v) is 18.1. The molecule has 162 valence electrons. The summed E-state index contributed by atoms with van der Waals surface area (Å²) in [4.78, 5) is 12.1. The number of benzene rings is 2. The number of carbonyl (C=O) groups excluding carboxylic acids is 1. The number of hydrogen-bond acceptors (Lipinski definition) is 4. The van der Waals surface area contributed by atoms with Crippen LogP contribution in [0.15, 0.2) is 53.6 Å². The number of nitrogens with two attached hydrogens (primary N) is 1. The molecule has 0 unspecified atom stereocenters. The zero-order chi connectivity index (χ0) is 21.6. The van der Waals surface area contributed by atoms with Crippen LogP contribution in [0.25, 0.3) is 10.9 Å². The highest BCUT2D eigenvalue weighted by Gasteiger charge is 2.28. The molecule has 1 amide bonds. The fourth-order valence-corrected chi connectivity index (χ4v) is 6.02. The Hall–Kier alpha value is -2.64. The molecular weight excluding hydrogens is 412 g/mol. The van der Waals surface area contributed by atoms with E-state index in [1.807, 2.05) is 24.3 Å². The summed E-state index contributed by atoms with van der Waals surface area (Å²) in [6, 6.07) is 12.3. The van der Waals surface area contributed by atoms with Gasteiger partial charge in [-0.3, -0.25) is 4.79 Å². The number of rotatable bonds is 6. The average Bonchev–Trinajstić information content (AvgIpc) is 3.50. The van der Waals surface area contributed by atoms with Crippen LogP contribution in [0.5, 0.6) is 0 Å². The lowest BCUT2D eigenvalue weighted by Crippen LogP contribution is -2.17. The molecule has 1 aliphatic heterocycles. The molecule has 0 spiro atoms. The van der Waals surface area contributed by atoms with Crippen molar-refractivity contribution in [1.82, 2.24) is 3.97 Å². The van der Waals surface area contributed by atoms with Gasteiger partial charge in [0.05, 0.1) is 10.4 Å². The summed E-state index contributed by atoms with van der Waals surface area (Å²) in [6.45, 7) is 1.38. The number of nitrogens with zero attached hydrogens (tertiary/aromatic N) is 1. The first-order valence-electron chi connectivity index (χ1n) is 10.8. The van der Waals surface area contributed by atoms with Crippen LogP contribution < -0.4 is 5.73 Å². The number of hydrogen-bond donors (Lipinski definition) is 1. The van der Waals surface area contributed by atoms with E-state index in [1.165, 1.54) is 10.0 Å². The number of amides is 1. The lowest BCUT2D eigenvalue weighted by atomic mass is 9.91. The monoisotopic (exact) mass is 438 g/mol. The van der Waals surface area contributed by atoms with Crippen LogP contribution >= 0.6 is 0 Å². The van der Waals surface area contributed by atoms with E-state index in [-0.39, 0.29) is 10.8 Å². The summed E-state index contributed by atoms with van der Waals surface area (Å²) in [7, 11) is -3.83. The summed E-state index contributed by atoms with van der Waals surface area (Å²) in [5.41, 5.74) is 8.39. The van der Waals surface area contributed by atoms with Gasteiger partial charge in [0.1, 0.15) is 0 Å². The van der Waals surface area contributed by atoms with Gasteiger partial charge in [-0.05, 0) is 79.3 Å². The predicted octanol–water partition coefficient (Wildman–Crippen LogP) is 3.82. The highest BCUT2D eigenvalue weighted by molar-refractivity contribution is 7.90. The second-order valence-corrected chi connectivity index (χ2v) is 10.4. The van der Waals surface area contributed by atoms with Crippen molar-refractivity contribution in [3.8, 4) is 0 Å². The molecule has 2 fully saturated rings. The Morgan fingerprint density at radius 3 is 2.52 bits per heavy atom. The normalized spacial score (nSPS) is 17.8. The molecule has 31 heavy (non-hydrogen) atoms. The minimum absolute atomic E-state index is 0.187. The Balaban J connectivity index is 1.62. The maximum atomic E-state index is 13.7. The molecule has 1 saturated heterocycles. The maximum Gasteiger partial charge on any atom is 0.268 e. The van der Waals surface area contributed by atoms with Crippen LogP contribution in [0.2, 0.25) is 0 Å². The molecular formula is C24H26N2O4S. The van der Waals surface area contributed by atoms with Crippen molar-refractivity contribution >= 4 is 26.8 Å². The Morgan fingerprint density at radius 1 is 1.06 bits per heavy atom. The largest absolute Gasteiger partial charge is 0.381 e. The van der Waals surface area contributed by atoms with E-state index in [1.54, 1.807) is 18.3 Å². The van der Waals surface area contributed by atoms with Gasteiger partial charge in [0.2, 0.25) is 5.91 Å². The van der Waals surface area contributed by atoms with Gasteiger partial charge < -0.3 is 10.5 Å². The second-order valence-electron chi connectivity index (χ2n) is 8.62. The van der Waals surface area contributed by atoms with Gasteiger partial charge in [-0.2, -0.15) is 0 Å². The van der Waals surface area contributed by atoms with Crippen molar-refractivity contribution in [3.63, 3.8) is 0 Å². The molecule has 2 aliphatic rings. The molecule has 2 N–H and O–H groups in total. The molecule has 6 nitrogen and oxygen atoms in total. The molecule has 1 aromatic heterocycles. The van der Waals surface area contributed by atoms with Gasteiger partial charge in [-0.1, -0.05) is 18.2 Å². The molecule has 0 bridgehead atoms. The van der Waals surface area contributed by atoms with Gasteiger partial charge in [0, 0.05) is 30.4 Å². The van der Waals surface area contributed by atoms with Crippen molar-refractivity contribution < 1.29 is 17.9 Å². The number of carbonyl (C=O) groups is 1. The van der Waals surface area contributed by atoms with Gasteiger partial charge in [-0.15, -0.1) is 0 Å².